The zero-order valence-electron chi connectivity index (χ0n) is 7.90. The van der Waals surface area contributed by atoms with Crippen LogP contribution in [0.5, 0.6) is 0 Å². The Morgan fingerprint density at radius 2 is 2.15 bits per heavy atom. The molecule has 0 aliphatic heterocycles. The van der Waals surface area contributed by atoms with Crippen LogP contribution >= 0.6 is 0 Å². The number of nitrogens with two attached hydrogens (primary N) is 1. The Morgan fingerprint density at radius 1 is 1.54 bits per heavy atom. The zero-order chi connectivity index (χ0) is 9.84. The number of rotatable bonds is 3. The van der Waals surface area contributed by atoms with Gasteiger partial charge < -0.3 is 15.6 Å². The minimum Gasteiger partial charge on any atom is -0.480 e. The van der Waals surface area contributed by atoms with Crippen LogP contribution in [-0.4, -0.2) is 30.3 Å². The molecule has 0 bridgehead atoms. The van der Waals surface area contributed by atoms with Gasteiger partial charge >= 0.3 is 5.97 Å². The lowest BCUT2D eigenvalue weighted by atomic mass is 9.82. The molecule has 4 nitrogen and oxygen atoms in total. The van der Waals surface area contributed by atoms with Crippen LogP contribution in [-0.2, 0) is 9.53 Å². The van der Waals surface area contributed by atoms with Crippen LogP contribution in [0.1, 0.15) is 25.7 Å². The fourth-order valence-corrected chi connectivity index (χ4v) is 2.01. The Kier molecular flexibility index (Phi) is 3.69. The van der Waals surface area contributed by atoms with E-state index in [-0.39, 0.29) is 12.0 Å². The van der Waals surface area contributed by atoms with Gasteiger partial charge in [-0.1, -0.05) is 12.8 Å². The fraction of sp³-hybridized carbons (Fsp3) is 0.889. The highest BCUT2D eigenvalue weighted by Crippen LogP contribution is 2.28. The second-order valence-corrected chi connectivity index (χ2v) is 3.59. The van der Waals surface area contributed by atoms with Crippen LogP contribution in [0.25, 0.3) is 0 Å². The van der Waals surface area contributed by atoms with Gasteiger partial charge in [0.05, 0.1) is 6.10 Å². The summed E-state index contributed by atoms with van der Waals surface area (Å²) >= 11 is 0. The Hall–Kier alpha value is -0.610. The highest BCUT2D eigenvalue weighted by molar-refractivity contribution is 5.73. The van der Waals surface area contributed by atoms with Gasteiger partial charge in [-0.25, -0.2) is 0 Å². The first kappa shape index (κ1) is 10.5. The number of hydrogen-bond acceptors (Lipinski definition) is 3. The second-order valence-electron chi connectivity index (χ2n) is 3.59. The Bertz CT molecular complexity index is 184. The number of hydrogen-bond donors (Lipinski definition) is 2. The lowest BCUT2D eigenvalue weighted by Gasteiger charge is -2.32. The highest BCUT2D eigenvalue weighted by atomic mass is 16.5. The number of methoxy groups -OCH3 is 1. The predicted octanol–water partition coefficient (Wildman–Crippen LogP) is 0.603. The molecular formula is C9H17NO3. The van der Waals surface area contributed by atoms with E-state index in [0.29, 0.717) is 0 Å². The highest BCUT2D eigenvalue weighted by Gasteiger charge is 2.33. The van der Waals surface area contributed by atoms with Gasteiger partial charge in [-0.15, -0.1) is 0 Å². The normalized spacial score (nSPS) is 31.2. The molecule has 1 saturated carbocycles. The minimum absolute atomic E-state index is 0.0174. The maximum Gasteiger partial charge on any atom is 0.320 e. The second kappa shape index (κ2) is 4.58. The van der Waals surface area contributed by atoms with Gasteiger partial charge in [0.15, 0.2) is 0 Å². The van der Waals surface area contributed by atoms with Gasteiger partial charge in [0, 0.05) is 13.0 Å². The third-order valence-electron chi connectivity index (χ3n) is 2.80. The molecule has 3 N–H and O–H groups in total. The zero-order valence-corrected chi connectivity index (χ0v) is 7.90. The van der Waals surface area contributed by atoms with Crippen LogP contribution in [0.4, 0.5) is 0 Å². The molecule has 0 amide bonds. The van der Waals surface area contributed by atoms with Crippen molar-refractivity contribution in [3.05, 3.63) is 0 Å². The van der Waals surface area contributed by atoms with Crippen LogP contribution in [0.3, 0.4) is 0 Å². The van der Waals surface area contributed by atoms with E-state index >= 15 is 0 Å². The maximum absolute atomic E-state index is 10.7. The van der Waals surface area contributed by atoms with Crippen LogP contribution in [0.2, 0.25) is 0 Å². The Morgan fingerprint density at radius 3 is 2.69 bits per heavy atom. The van der Waals surface area contributed by atoms with Crippen molar-refractivity contribution >= 4 is 5.97 Å². The van der Waals surface area contributed by atoms with E-state index in [1.165, 1.54) is 0 Å². The van der Waals surface area contributed by atoms with E-state index in [1.807, 2.05) is 0 Å². The number of carboxylic acids is 1. The molecule has 13 heavy (non-hydrogen) atoms. The van der Waals surface area contributed by atoms with Gasteiger partial charge in [-0.05, 0) is 12.8 Å². The lowest BCUT2D eigenvalue weighted by Crippen LogP contribution is -2.45. The smallest absolute Gasteiger partial charge is 0.320 e. The molecule has 76 valence electrons. The van der Waals surface area contributed by atoms with Crippen molar-refractivity contribution in [3.8, 4) is 0 Å². The van der Waals surface area contributed by atoms with E-state index < -0.39 is 12.0 Å². The Balaban J connectivity index is 2.58. The Labute approximate surface area is 78.1 Å². The molecule has 0 unspecified atom stereocenters. The maximum atomic E-state index is 10.7. The first-order chi connectivity index (χ1) is 6.16. The molecule has 1 aliphatic rings. The molecule has 0 heterocycles. The summed E-state index contributed by atoms with van der Waals surface area (Å²) in [5.74, 6) is -0.940. The number of carboxylic acid groups (broad SMARTS) is 1. The molecule has 3 atom stereocenters. The average Bonchev–Trinajstić information content (AvgIpc) is 2.16. The van der Waals surface area contributed by atoms with Gasteiger partial charge in [0.2, 0.25) is 0 Å². The summed E-state index contributed by atoms with van der Waals surface area (Å²) in [6.45, 7) is 0. The summed E-state index contributed by atoms with van der Waals surface area (Å²) in [6.07, 6.45) is 4.00. The molecule has 4 heteroatoms. The van der Waals surface area contributed by atoms with Crippen molar-refractivity contribution in [1.29, 1.82) is 0 Å². The molecule has 0 aromatic carbocycles. The lowest BCUT2D eigenvalue weighted by molar-refractivity contribution is -0.142. The summed E-state index contributed by atoms with van der Waals surface area (Å²) < 4.78 is 5.23. The summed E-state index contributed by atoms with van der Waals surface area (Å²) in [4.78, 5) is 10.7. The van der Waals surface area contributed by atoms with E-state index in [2.05, 4.69) is 0 Å². The molecule has 1 rings (SSSR count). The number of ether oxygens (including phenoxy) is 1. The van der Waals surface area contributed by atoms with Crippen molar-refractivity contribution in [2.45, 2.75) is 37.8 Å². The average molecular weight is 187 g/mol. The summed E-state index contributed by atoms with van der Waals surface area (Å²) in [5.41, 5.74) is 5.58. The van der Waals surface area contributed by atoms with Gasteiger partial charge in [0.25, 0.3) is 0 Å². The first-order valence-corrected chi connectivity index (χ1v) is 4.68. The van der Waals surface area contributed by atoms with Gasteiger partial charge in [0.1, 0.15) is 6.04 Å². The van der Waals surface area contributed by atoms with E-state index in [9.17, 15) is 4.79 Å². The predicted molar refractivity (Wildman–Crippen MR) is 48.4 cm³/mol. The van der Waals surface area contributed by atoms with Crippen molar-refractivity contribution in [1.82, 2.24) is 0 Å². The third-order valence-corrected chi connectivity index (χ3v) is 2.80. The van der Waals surface area contributed by atoms with Crippen molar-refractivity contribution < 1.29 is 14.6 Å². The van der Waals surface area contributed by atoms with Gasteiger partial charge in [-0.2, -0.15) is 0 Å². The number of aliphatic carboxylic acids is 1. The molecule has 0 radical (unpaired) electrons. The topological polar surface area (TPSA) is 72.5 Å². The van der Waals surface area contributed by atoms with Crippen molar-refractivity contribution in [3.63, 3.8) is 0 Å². The van der Waals surface area contributed by atoms with Crippen LogP contribution < -0.4 is 5.73 Å². The standard InChI is InChI=1S/C9H17NO3/c1-13-7-5-3-2-4-6(7)8(10)9(11)12/h6-8H,2-5,10H2,1H3,(H,11,12)/t6-,7+,8-/m0/s1. The molecule has 0 spiro atoms. The summed E-state index contributed by atoms with van der Waals surface area (Å²) in [5, 5.41) is 8.77. The minimum atomic E-state index is -0.922. The van der Waals surface area contributed by atoms with Gasteiger partial charge in [-0.3, -0.25) is 4.79 Å². The third kappa shape index (κ3) is 2.42. The number of carbonyl (C=O) groups is 1. The summed E-state index contributed by atoms with van der Waals surface area (Å²) in [6, 6.07) is -0.773. The molecule has 0 aromatic heterocycles. The molecule has 1 fully saturated rings. The monoisotopic (exact) mass is 187 g/mol. The van der Waals surface area contributed by atoms with E-state index in [4.69, 9.17) is 15.6 Å². The van der Waals surface area contributed by atoms with Crippen LogP contribution in [0.15, 0.2) is 0 Å². The molecule has 0 aromatic rings. The van der Waals surface area contributed by atoms with E-state index in [0.717, 1.165) is 25.7 Å². The molecular weight excluding hydrogens is 170 g/mol. The van der Waals surface area contributed by atoms with Crippen molar-refractivity contribution in [2.75, 3.05) is 7.11 Å². The summed E-state index contributed by atoms with van der Waals surface area (Å²) in [7, 11) is 1.62. The first-order valence-electron chi connectivity index (χ1n) is 4.68. The quantitative estimate of drug-likeness (QED) is 0.678. The fourth-order valence-electron chi connectivity index (χ4n) is 2.01. The SMILES string of the molecule is CO[C@@H]1CCCC[C@@H]1[C@H](N)C(=O)O. The van der Waals surface area contributed by atoms with Crippen LogP contribution in [0, 0.1) is 5.92 Å². The van der Waals surface area contributed by atoms with E-state index in [1.54, 1.807) is 7.11 Å². The molecule has 0 saturated heterocycles. The molecule has 1 aliphatic carbocycles. The largest absolute Gasteiger partial charge is 0.480 e. The van der Waals surface area contributed by atoms with Crippen molar-refractivity contribution in [2.24, 2.45) is 11.7 Å².